The van der Waals surface area contributed by atoms with Gasteiger partial charge in [-0.15, -0.1) is 0 Å². The molecule has 1 amide bonds. The number of fused-ring (bicyclic) bond motifs is 1. The summed E-state index contributed by atoms with van der Waals surface area (Å²) in [5, 5.41) is 14.7. The number of aromatic nitrogens is 2. The number of imidazole rings is 1. The molecule has 0 fully saturated rings. The van der Waals surface area contributed by atoms with Crippen LogP contribution < -0.4 is 5.32 Å². The van der Waals surface area contributed by atoms with Gasteiger partial charge in [0.25, 0.3) is 0 Å². The van der Waals surface area contributed by atoms with Crippen molar-refractivity contribution in [3.63, 3.8) is 0 Å². The number of nitrogens with zero attached hydrogens (tertiary/aromatic N) is 3. The van der Waals surface area contributed by atoms with Crippen LogP contribution in [0.3, 0.4) is 0 Å². The summed E-state index contributed by atoms with van der Waals surface area (Å²) in [5.41, 5.74) is 1.55. The molecule has 0 spiro atoms. The van der Waals surface area contributed by atoms with Crippen LogP contribution in [0.25, 0.3) is 16.5 Å². The van der Waals surface area contributed by atoms with Gasteiger partial charge in [-0.3, -0.25) is 9.36 Å². The highest BCUT2D eigenvalue weighted by Gasteiger charge is 2.15. The van der Waals surface area contributed by atoms with E-state index in [2.05, 4.69) is 32.3 Å². The Balaban J connectivity index is 2.06. The zero-order chi connectivity index (χ0) is 17.8. The molecule has 1 heterocycles. The van der Waals surface area contributed by atoms with Gasteiger partial charge >= 0.3 is 0 Å². The SMILES string of the molecule is CCNC(=O)CSc1ncc(Br)n1-c1ccc(C#N)c2ccccc12. The van der Waals surface area contributed by atoms with Gasteiger partial charge in [0.1, 0.15) is 4.60 Å². The largest absolute Gasteiger partial charge is 0.356 e. The van der Waals surface area contributed by atoms with Crippen molar-refractivity contribution in [2.24, 2.45) is 0 Å². The van der Waals surface area contributed by atoms with E-state index in [1.807, 2.05) is 47.9 Å². The molecule has 5 nitrogen and oxygen atoms in total. The van der Waals surface area contributed by atoms with E-state index in [0.717, 1.165) is 21.1 Å². The summed E-state index contributed by atoms with van der Waals surface area (Å²) in [6.07, 6.45) is 1.72. The predicted molar refractivity (Wildman–Crippen MR) is 103 cm³/mol. The number of carbonyl (C=O) groups is 1. The Bertz CT molecular complexity index is 977. The smallest absolute Gasteiger partial charge is 0.230 e. The van der Waals surface area contributed by atoms with Gasteiger partial charge in [0, 0.05) is 17.3 Å². The van der Waals surface area contributed by atoms with Crippen LogP contribution in [-0.2, 0) is 4.79 Å². The first-order valence-electron chi connectivity index (χ1n) is 7.70. The van der Waals surface area contributed by atoms with Crippen LogP contribution in [0.5, 0.6) is 0 Å². The molecular weight excluding hydrogens is 400 g/mol. The summed E-state index contributed by atoms with van der Waals surface area (Å²) in [5.74, 6) is 0.272. The minimum atomic E-state index is -0.0251. The van der Waals surface area contributed by atoms with E-state index in [-0.39, 0.29) is 5.91 Å². The van der Waals surface area contributed by atoms with Gasteiger partial charge in [-0.25, -0.2) is 4.98 Å². The fourth-order valence-electron chi connectivity index (χ4n) is 2.59. The van der Waals surface area contributed by atoms with Gasteiger partial charge < -0.3 is 5.32 Å². The van der Waals surface area contributed by atoms with E-state index < -0.39 is 0 Å². The maximum absolute atomic E-state index is 11.8. The number of thioether (sulfide) groups is 1. The van der Waals surface area contributed by atoms with Crippen molar-refractivity contribution in [1.82, 2.24) is 14.9 Å². The summed E-state index contributed by atoms with van der Waals surface area (Å²) < 4.78 is 2.74. The molecule has 1 aromatic heterocycles. The van der Waals surface area contributed by atoms with E-state index in [9.17, 15) is 10.1 Å². The zero-order valence-electron chi connectivity index (χ0n) is 13.5. The van der Waals surface area contributed by atoms with E-state index in [0.29, 0.717) is 23.0 Å². The normalized spacial score (nSPS) is 10.6. The third kappa shape index (κ3) is 3.55. The maximum Gasteiger partial charge on any atom is 0.230 e. The molecule has 0 radical (unpaired) electrons. The van der Waals surface area contributed by atoms with Crippen molar-refractivity contribution in [3.8, 4) is 11.8 Å². The number of benzene rings is 2. The summed E-state index contributed by atoms with van der Waals surface area (Å²) in [6.45, 7) is 2.50. The third-order valence-corrected chi connectivity index (χ3v) is 5.17. The molecule has 126 valence electrons. The number of halogens is 1. The lowest BCUT2D eigenvalue weighted by atomic mass is 10.0. The molecule has 7 heteroatoms. The molecule has 0 aliphatic carbocycles. The number of nitriles is 1. The van der Waals surface area contributed by atoms with Crippen LogP contribution in [0, 0.1) is 11.3 Å². The summed E-state index contributed by atoms with van der Waals surface area (Å²) >= 11 is 4.91. The first-order valence-corrected chi connectivity index (χ1v) is 9.48. The fourth-order valence-corrected chi connectivity index (χ4v) is 3.98. The first-order chi connectivity index (χ1) is 12.2. The van der Waals surface area contributed by atoms with Crippen molar-refractivity contribution in [1.29, 1.82) is 5.26 Å². The standard InChI is InChI=1S/C18H15BrN4OS/c1-2-21-17(24)11-25-18-22-10-16(19)23(18)15-8-7-12(9-20)13-5-3-4-6-14(13)15/h3-8,10H,2,11H2,1H3,(H,21,24). The molecule has 2 aromatic carbocycles. The van der Waals surface area contributed by atoms with Crippen LogP contribution in [0.1, 0.15) is 12.5 Å². The number of amides is 1. The van der Waals surface area contributed by atoms with E-state index in [1.165, 1.54) is 11.8 Å². The van der Waals surface area contributed by atoms with Crippen LogP contribution >= 0.6 is 27.7 Å². The molecular formula is C18H15BrN4OS. The second-order valence-electron chi connectivity index (χ2n) is 5.23. The zero-order valence-corrected chi connectivity index (χ0v) is 15.9. The number of hydrogen-bond acceptors (Lipinski definition) is 4. The highest BCUT2D eigenvalue weighted by molar-refractivity contribution is 9.10. The summed E-state index contributed by atoms with van der Waals surface area (Å²) in [4.78, 5) is 16.2. The monoisotopic (exact) mass is 414 g/mol. The molecule has 0 aliphatic heterocycles. The van der Waals surface area contributed by atoms with E-state index in [4.69, 9.17) is 0 Å². The highest BCUT2D eigenvalue weighted by atomic mass is 79.9. The number of nitrogens with one attached hydrogen (secondary N) is 1. The predicted octanol–water partition coefficient (Wildman–Crippen LogP) is 3.89. The van der Waals surface area contributed by atoms with Crippen LogP contribution in [0.4, 0.5) is 0 Å². The molecule has 0 saturated carbocycles. The van der Waals surface area contributed by atoms with Gasteiger partial charge in [-0.2, -0.15) is 5.26 Å². The average molecular weight is 415 g/mol. The summed E-state index contributed by atoms with van der Waals surface area (Å²) in [7, 11) is 0. The minimum Gasteiger partial charge on any atom is -0.356 e. The van der Waals surface area contributed by atoms with Gasteiger partial charge in [-0.1, -0.05) is 36.0 Å². The average Bonchev–Trinajstić information content (AvgIpc) is 2.99. The Labute approximate surface area is 158 Å². The first kappa shape index (κ1) is 17.5. The lowest BCUT2D eigenvalue weighted by Crippen LogP contribution is -2.24. The van der Waals surface area contributed by atoms with Crippen LogP contribution in [0.15, 0.2) is 52.4 Å². The Morgan fingerprint density at radius 3 is 2.80 bits per heavy atom. The van der Waals surface area contributed by atoms with Gasteiger partial charge in [0.15, 0.2) is 5.16 Å². The van der Waals surface area contributed by atoms with Crippen LogP contribution in [0.2, 0.25) is 0 Å². The van der Waals surface area contributed by atoms with Crippen molar-refractivity contribution in [2.75, 3.05) is 12.3 Å². The van der Waals surface area contributed by atoms with Crippen molar-refractivity contribution < 1.29 is 4.79 Å². The number of carbonyl (C=O) groups excluding carboxylic acids is 1. The lowest BCUT2D eigenvalue weighted by molar-refractivity contribution is -0.118. The Kier molecular flexibility index (Phi) is 5.41. The van der Waals surface area contributed by atoms with Gasteiger partial charge in [0.2, 0.25) is 5.91 Å². The summed E-state index contributed by atoms with van der Waals surface area (Å²) in [6, 6.07) is 13.7. The maximum atomic E-state index is 11.8. The highest BCUT2D eigenvalue weighted by Crippen LogP contribution is 2.32. The molecule has 0 atom stereocenters. The quantitative estimate of drug-likeness (QED) is 0.642. The topological polar surface area (TPSA) is 70.7 Å². The van der Waals surface area contributed by atoms with Crippen molar-refractivity contribution in [3.05, 3.63) is 52.8 Å². The van der Waals surface area contributed by atoms with Crippen molar-refractivity contribution >= 4 is 44.4 Å². The van der Waals surface area contributed by atoms with E-state index in [1.54, 1.807) is 6.20 Å². The molecule has 0 aliphatic rings. The molecule has 1 N–H and O–H groups in total. The molecule has 0 unspecified atom stereocenters. The van der Waals surface area contributed by atoms with Crippen molar-refractivity contribution in [2.45, 2.75) is 12.1 Å². The second kappa shape index (κ2) is 7.72. The van der Waals surface area contributed by atoms with E-state index >= 15 is 0 Å². The molecule has 0 bridgehead atoms. The van der Waals surface area contributed by atoms with Gasteiger partial charge in [0.05, 0.1) is 29.3 Å². The molecule has 25 heavy (non-hydrogen) atoms. The molecule has 0 saturated heterocycles. The second-order valence-corrected chi connectivity index (χ2v) is 6.99. The minimum absolute atomic E-state index is 0.0251. The van der Waals surface area contributed by atoms with Gasteiger partial charge in [-0.05, 0) is 35.0 Å². The Hall–Kier alpha value is -2.30. The third-order valence-electron chi connectivity index (χ3n) is 3.66. The number of rotatable bonds is 5. The lowest BCUT2D eigenvalue weighted by Gasteiger charge is -2.13. The van der Waals surface area contributed by atoms with Crippen LogP contribution in [-0.4, -0.2) is 27.8 Å². The molecule has 3 aromatic rings. The number of hydrogen-bond donors (Lipinski definition) is 1. The Morgan fingerprint density at radius 2 is 2.08 bits per heavy atom. The molecule has 3 rings (SSSR count). The fraction of sp³-hybridized carbons (Fsp3) is 0.167. The Morgan fingerprint density at radius 1 is 1.32 bits per heavy atom.